The van der Waals surface area contributed by atoms with E-state index in [0.29, 0.717) is 11.1 Å². The number of nitrogens with two attached hydrogens (primary N) is 1. The number of hydrogen-bond acceptors (Lipinski definition) is 10. The topological polar surface area (TPSA) is 168 Å². The molecule has 1 amide bonds. The Bertz CT molecular complexity index is 1830. The Hall–Kier alpha value is -4.71. The van der Waals surface area contributed by atoms with Crippen LogP contribution in [0, 0.1) is 6.92 Å². The first kappa shape index (κ1) is 32.7. The molecular weight excluding hydrogens is 594 g/mol. The van der Waals surface area contributed by atoms with Crippen molar-refractivity contribution in [2.75, 3.05) is 7.11 Å². The van der Waals surface area contributed by atoms with Gasteiger partial charge in [0, 0.05) is 24.7 Å². The summed E-state index contributed by atoms with van der Waals surface area (Å²) < 4.78 is 28.1. The van der Waals surface area contributed by atoms with E-state index >= 15 is 0 Å². The molecule has 0 spiro atoms. The van der Waals surface area contributed by atoms with Crippen molar-refractivity contribution in [2.24, 2.45) is 5.73 Å². The van der Waals surface area contributed by atoms with E-state index in [2.05, 4.69) is 6.92 Å². The van der Waals surface area contributed by atoms with Crippen LogP contribution in [0.25, 0.3) is 22.1 Å². The van der Waals surface area contributed by atoms with Gasteiger partial charge in [0.2, 0.25) is 6.29 Å². The maximum absolute atomic E-state index is 13.3. The van der Waals surface area contributed by atoms with Crippen molar-refractivity contribution in [2.45, 2.75) is 70.7 Å². The molecule has 11 heteroatoms. The molecule has 4 N–H and O–H groups in total. The first-order valence-corrected chi connectivity index (χ1v) is 14.9. The van der Waals surface area contributed by atoms with Crippen molar-refractivity contribution in [3.8, 4) is 22.6 Å². The molecule has 0 radical (unpaired) electrons. The van der Waals surface area contributed by atoms with Gasteiger partial charge in [-0.3, -0.25) is 4.79 Å². The lowest BCUT2D eigenvalue weighted by Crippen LogP contribution is -2.65. The summed E-state index contributed by atoms with van der Waals surface area (Å²) >= 11 is 0. The maximum atomic E-state index is 13.3. The van der Waals surface area contributed by atoms with E-state index in [1.807, 2.05) is 30.3 Å². The zero-order valence-corrected chi connectivity index (χ0v) is 26.2. The molecule has 1 aliphatic rings. The Labute approximate surface area is 265 Å². The number of Topliss-reactive ketones (excluding diaryl/α,β-unsaturated/α-hetero) is 1. The number of carbonyl (C=O) groups is 2. The quantitative estimate of drug-likeness (QED) is 0.172. The predicted octanol–water partition coefficient (Wildman–Crippen LogP) is 4.82. The molecule has 1 saturated heterocycles. The third kappa shape index (κ3) is 6.34. The van der Waals surface area contributed by atoms with Crippen LogP contribution >= 0.6 is 0 Å². The number of hydrogen-bond donors (Lipinski definition) is 3. The molecule has 1 fully saturated rings. The highest BCUT2D eigenvalue weighted by molar-refractivity contribution is 6.00. The number of aliphatic hydroxyl groups is 1. The Balaban J connectivity index is 1.41. The predicted molar refractivity (Wildman–Crippen MR) is 169 cm³/mol. The van der Waals surface area contributed by atoms with E-state index in [0.717, 1.165) is 17.5 Å². The van der Waals surface area contributed by atoms with E-state index < -0.39 is 41.9 Å². The number of rotatable bonds is 9. The Morgan fingerprint density at radius 3 is 2.41 bits per heavy atom. The molecule has 4 aromatic rings. The SMILES string of the molecule is CCc1ccc(-c2cccc(C(=O)Cc3c(O)c4ccc(O[C@@H]5OC(C)(C)[C@H](OC)[C@@H](OC(N)=O)[C@H]5O)c(C)c4oc3=O)c2)cc1. The molecule has 46 heavy (non-hydrogen) atoms. The minimum absolute atomic E-state index is 0.0259. The van der Waals surface area contributed by atoms with Gasteiger partial charge in [-0.15, -0.1) is 0 Å². The molecule has 5 rings (SSSR count). The van der Waals surface area contributed by atoms with Gasteiger partial charge in [0.1, 0.15) is 23.2 Å². The monoisotopic (exact) mass is 631 g/mol. The van der Waals surface area contributed by atoms with Gasteiger partial charge in [0.15, 0.2) is 18.0 Å². The number of ether oxygens (including phenoxy) is 4. The molecule has 1 aliphatic heterocycles. The number of carbonyl (C=O) groups excluding carboxylic acids is 2. The molecule has 3 aromatic carbocycles. The highest BCUT2D eigenvalue weighted by atomic mass is 16.7. The highest BCUT2D eigenvalue weighted by Crippen LogP contribution is 2.38. The summed E-state index contributed by atoms with van der Waals surface area (Å²) in [6.45, 7) is 7.03. The van der Waals surface area contributed by atoms with Gasteiger partial charge in [-0.05, 0) is 62.1 Å². The van der Waals surface area contributed by atoms with Gasteiger partial charge in [0.05, 0.1) is 16.6 Å². The standard InChI is InChI=1S/C35H37NO10/c1-6-19-10-12-20(13-11-19)21-8-7-9-22(16-21)25(37)17-24-27(38)23-14-15-26(18(2)29(23)44-32(24)40)43-33-28(39)30(45-34(36)41)31(42-5)35(3,4)46-33/h7-16,28,30-31,33,38-39H,6,17H2,1-5H3,(H2,36,41)/t28-,30+,31-,33-/m1/s1. The molecule has 4 atom stereocenters. The van der Waals surface area contributed by atoms with E-state index in [-0.39, 0.29) is 40.2 Å². The second-order valence-electron chi connectivity index (χ2n) is 11.8. The summed E-state index contributed by atoms with van der Waals surface area (Å²) in [7, 11) is 1.38. The third-order valence-electron chi connectivity index (χ3n) is 8.32. The zero-order valence-electron chi connectivity index (χ0n) is 26.2. The number of amides is 1. The number of primary amides is 1. The van der Waals surface area contributed by atoms with Crippen LogP contribution in [0.5, 0.6) is 11.5 Å². The lowest BCUT2D eigenvalue weighted by molar-refractivity contribution is -0.304. The summed E-state index contributed by atoms with van der Waals surface area (Å²) in [5, 5.41) is 22.3. The molecular formula is C35H37NO10. The molecule has 0 aliphatic carbocycles. The molecule has 242 valence electrons. The van der Waals surface area contributed by atoms with Crippen molar-refractivity contribution in [1.82, 2.24) is 0 Å². The van der Waals surface area contributed by atoms with Gasteiger partial charge in [0.25, 0.3) is 0 Å². The molecule has 0 unspecified atom stereocenters. The molecule has 1 aromatic heterocycles. The first-order valence-electron chi connectivity index (χ1n) is 14.9. The van der Waals surface area contributed by atoms with E-state index in [1.165, 1.54) is 24.8 Å². The van der Waals surface area contributed by atoms with Crippen molar-refractivity contribution in [3.63, 3.8) is 0 Å². The number of aliphatic hydroxyl groups excluding tert-OH is 1. The van der Waals surface area contributed by atoms with Crippen LogP contribution in [0.4, 0.5) is 4.79 Å². The highest BCUT2D eigenvalue weighted by Gasteiger charge is 2.53. The molecule has 2 heterocycles. The third-order valence-corrected chi connectivity index (χ3v) is 8.32. The number of benzene rings is 3. The van der Waals surface area contributed by atoms with Crippen LogP contribution in [0.1, 0.15) is 47.8 Å². The van der Waals surface area contributed by atoms with Crippen LogP contribution in [0.15, 0.2) is 69.9 Å². The average molecular weight is 632 g/mol. The van der Waals surface area contributed by atoms with Crippen molar-refractivity contribution >= 4 is 22.8 Å². The Morgan fingerprint density at radius 1 is 1.04 bits per heavy atom. The second kappa shape index (κ2) is 13.0. The number of aryl methyl sites for hydroxylation is 2. The first-order chi connectivity index (χ1) is 21.8. The maximum Gasteiger partial charge on any atom is 0.404 e. The minimum Gasteiger partial charge on any atom is -0.507 e. The molecule has 11 nitrogen and oxygen atoms in total. The van der Waals surface area contributed by atoms with Gasteiger partial charge < -0.3 is 39.3 Å². The molecule has 0 bridgehead atoms. The van der Waals surface area contributed by atoms with Crippen LogP contribution in [0.2, 0.25) is 0 Å². The largest absolute Gasteiger partial charge is 0.507 e. The van der Waals surface area contributed by atoms with E-state index in [4.69, 9.17) is 29.1 Å². The summed E-state index contributed by atoms with van der Waals surface area (Å²) in [5.41, 5.74) is 6.85. The van der Waals surface area contributed by atoms with Crippen molar-refractivity contribution < 1.29 is 43.2 Å². The lowest BCUT2D eigenvalue weighted by atomic mass is 9.89. The fraction of sp³-hybridized carbons (Fsp3) is 0.343. The number of ketones is 1. The number of methoxy groups -OCH3 is 1. The Kier molecular flexibility index (Phi) is 9.20. The zero-order chi connectivity index (χ0) is 33.3. The number of fused-ring (bicyclic) bond motifs is 1. The minimum atomic E-state index is -1.50. The fourth-order valence-electron chi connectivity index (χ4n) is 5.82. The summed E-state index contributed by atoms with van der Waals surface area (Å²) in [5.74, 6) is -0.580. The lowest BCUT2D eigenvalue weighted by Gasteiger charge is -2.47. The van der Waals surface area contributed by atoms with E-state index in [9.17, 15) is 24.6 Å². The average Bonchev–Trinajstić information content (AvgIpc) is 3.02. The number of aromatic hydroxyl groups is 1. The molecule has 0 saturated carbocycles. The summed E-state index contributed by atoms with van der Waals surface area (Å²) in [4.78, 5) is 38.0. The van der Waals surface area contributed by atoms with Gasteiger partial charge in [-0.25, -0.2) is 9.59 Å². The van der Waals surface area contributed by atoms with E-state index in [1.54, 1.807) is 39.0 Å². The van der Waals surface area contributed by atoms with Gasteiger partial charge in [-0.2, -0.15) is 0 Å². The van der Waals surface area contributed by atoms with Crippen LogP contribution < -0.4 is 16.1 Å². The smallest absolute Gasteiger partial charge is 0.404 e. The van der Waals surface area contributed by atoms with Crippen LogP contribution in [0.3, 0.4) is 0 Å². The van der Waals surface area contributed by atoms with Crippen molar-refractivity contribution in [3.05, 3.63) is 93.3 Å². The second-order valence-corrected chi connectivity index (χ2v) is 11.8. The van der Waals surface area contributed by atoms with Gasteiger partial charge >= 0.3 is 11.7 Å². The Morgan fingerprint density at radius 2 is 1.76 bits per heavy atom. The van der Waals surface area contributed by atoms with Crippen molar-refractivity contribution in [1.29, 1.82) is 0 Å². The fourth-order valence-corrected chi connectivity index (χ4v) is 5.82. The van der Waals surface area contributed by atoms with Crippen LogP contribution in [-0.2, 0) is 27.1 Å². The van der Waals surface area contributed by atoms with Gasteiger partial charge in [-0.1, -0.05) is 49.4 Å². The normalized spacial score (nSPS) is 20.7. The van der Waals surface area contributed by atoms with Crippen LogP contribution in [-0.4, -0.2) is 59.4 Å². The summed E-state index contributed by atoms with van der Waals surface area (Å²) in [6.07, 6.45) is -5.46. The summed E-state index contributed by atoms with van der Waals surface area (Å²) in [6, 6.07) is 18.2.